The molecule has 3 aromatic rings. The Kier molecular flexibility index (Phi) is 5.03. The summed E-state index contributed by atoms with van der Waals surface area (Å²) in [7, 11) is 0. The topological polar surface area (TPSA) is 65.7 Å². The third-order valence-corrected chi connectivity index (χ3v) is 5.86. The van der Waals surface area contributed by atoms with Gasteiger partial charge >= 0.3 is 0 Å². The fourth-order valence-electron chi connectivity index (χ4n) is 3.39. The van der Waals surface area contributed by atoms with Crippen LogP contribution in [-0.4, -0.2) is 28.3 Å². The lowest BCUT2D eigenvalue weighted by Crippen LogP contribution is -2.32. The minimum Gasteiger partial charge on any atom is -0.482 e. The summed E-state index contributed by atoms with van der Waals surface area (Å²) in [5.74, 6) is 0.596. The summed E-state index contributed by atoms with van der Waals surface area (Å²) in [6.45, 7) is 6.96. The molecule has 0 atom stereocenters. The molecule has 0 unspecified atom stereocenters. The summed E-state index contributed by atoms with van der Waals surface area (Å²) in [5.41, 5.74) is 1.66. The summed E-state index contributed by atoms with van der Waals surface area (Å²) in [5, 5.41) is 4.93. The van der Waals surface area contributed by atoms with E-state index in [2.05, 4.69) is 5.10 Å². The highest BCUT2D eigenvalue weighted by Gasteiger charge is 2.31. The average Bonchev–Trinajstić information content (AvgIpc) is 3.01. The van der Waals surface area contributed by atoms with E-state index in [9.17, 15) is 4.79 Å². The Morgan fingerprint density at radius 2 is 2.14 bits per heavy atom. The van der Waals surface area contributed by atoms with E-state index in [1.807, 2.05) is 51.1 Å². The van der Waals surface area contributed by atoms with Crippen molar-refractivity contribution in [2.24, 2.45) is 5.10 Å². The Labute approximate surface area is 167 Å². The van der Waals surface area contributed by atoms with Crippen LogP contribution >= 0.6 is 11.3 Å². The van der Waals surface area contributed by atoms with Gasteiger partial charge in [0.25, 0.3) is 5.56 Å². The van der Waals surface area contributed by atoms with Crippen molar-refractivity contribution >= 4 is 28.0 Å². The Balaban J connectivity index is 1.88. The maximum atomic E-state index is 13.4. The molecule has 146 valence electrons. The van der Waals surface area contributed by atoms with Crippen molar-refractivity contribution in [2.45, 2.75) is 45.8 Å². The van der Waals surface area contributed by atoms with Gasteiger partial charge in [-0.2, -0.15) is 4.68 Å². The zero-order chi connectivity index (χ0) is 19.7. The van der Waals surface area contributed by atoms with Crippen molar-refractivity contribution in [1.29, 1.82) is 0 Å². The number of hydrogen-bond acceptors (Lipinski definition) is 6. The van der Waals surface area contributed by atoms with E-state index in [4.69, 9.17) is 14.5 Å². The predicted molar refractivity (Wildman–Crippen MR) is 111 cm³/mol. The molecule has 0 radical (unpaired) electrons. The van der Waals surface area contributed by atoms with Gasteiger partial charge < -0.3 is 9.47 Å². The molecule has 0 saturated carbocycles. The first-order valence-electron chi connectivity index (χ1n) is 9.37. The van der Waals surface area contributed by atoms with Crippen molar-refractivity contribution in [3.63, 3.8) is 0 Å². The zero-order valence-corrected chi connectivity index (χ0v) is 17.1. The van der Waals surface area contributed by atoms with Crippen LogP contribution in [-0.2, 0) is 28.9 Å². The lowest BCUT2D eigenvalue weighted by atomic mass is 9.94. The van der Waals surface area contributed by atoms with Gasteiger partial charge in [0.15, 0.2) is 6.40 Å². The van der Waals surface area contributed by atoms with E-state index in [0.717, 1.165) is 20.8 Å². The lowest BCUT2D eigenvalue weighted by molar-refractivity contribution is -0.0379. The van der Waals surface area contributed by atoms with Crippen LogP contribution in [0.25, 0.3) is 10.2 Å². The average molecular weight is 398 g/mol. The van der Waals surface area contributed by atoms with Crippen LogP contribution in [0.5, 0.6) is 0 Å². The molecule has 0 N–H and O–H groups in total. The molecule has 0 bridgehead atoms. The van der Waals surface area contributed by atoms with Crippen LogP contribution in [0.3, 0.4) is 0 Å². The molecular weight excluding hydrogens is 374 g/mol. The molecule has 2 aromatic heterocycles. The van der Waals surface area contributed by atoms with Crippen LogP contribution in [0.1, 0.15) is 42.6 Å². The Morgan fingerprint density at radius 1 is 1.36 bits per heavy atom. The van der Waals surface area contributed by atoms with Crippen molar-refractivity contribution < 1.29 is 9.47 Å². The highest BCUT2D eigenvalue weighted by atomic mass is 32.1. The Bertz CT molecular complexity index is 1080. The van der Waals surface area contributed by atoms with Crippen molar-refractivity contribution in [2.75, 3.05) is 6.61 Å². The van der Waals surface area contributed by atoms with Crippen molar-refractivity contribution in [3.8, 4) is 0 Å². The number of nitrogens with zero attached hydrogens (tertiary/aromatic N) is 3. The van der Waals surface area contributed by atoms with Gasteiger partial charge in [-0.25, -0.2) is 4.98 Å². The van der Waals surface area contributed by atoms with E-state index in [-0.39, 0.29) is 11.2 Å². The Morgan fingerprint density at radius 3 is 2.89 bits per heavy atom. The van der Waals surface area contributed by atoms with Gasteiger partial charge in [0.2, 0.25) is 0 Å². The summed E-state index contributed by atoms with van der Waals surface area (Å²) < 4.78 is 12.5. The van der Waals surface area contributed by atoms with E-state index in [1.165, 1.54) is 11.1 Å². The first-order valence-corrected chi connectivity index (χ1v) is 10.2. The molecule has 4 rings (SSSR count). The van der Waals surface area contributed by atoms with Crippen LogP contribution in [0.4, 0.5) is 0 Å². The third-order valence-electron chi connectivity index (χ3n) is 4.76. The second kappa shape index (κ2) is 7.48. The number of aromatic nitrogens is 2. The van der Waals surface area contributed by atoms with Gasteiger partial charge in [-0.1, -0.05) is 30.3 Å². The fourth-order valence-corrected chi connectivity index (χ4v) is 4.51. The maximum absolute atomic E-state index is 13.4. The number of hydrogen-bond donors (Lipinski definition) is 0. The molecule has 7 heteroatoms. The number of ether oxygens (including phenoxy) is 2. The molecule has 1 aromatic carbocycles. The molecular formula is C21H23N3O3S. The van der Waals surface area contributed by atoms with Gasteiger partial charge in [0, 0.05) is 17.7 Å². The van der Waals surface area contributed by atoms with Gasteiger partial charge in [-0.15, -0.1) is 16.4 Å². The largest absolute Gasteiger partial charge is 0.482 e. The first-order chi connectivity index (χ1) is 13.5. The molecule has 3 heterocycles. The van der Waals surface area contributed by atoms with Gasteiger partial charge in [0.05, 0.1) is 24.2 Å². The monoisotopic (exact) mass is 397 g/mol. The fraction of sp³-hybridized carbons (Fsp3) is 0.381. The van der Waals surface area contributed by atoms with Gasteiger partial charge in [0.1, 0.15) is 10.7 Å². The second-order valence-corrected chi connectivity index (χ2v) is 8.48. The van der Waals surface area contributed by atoms with Crippen LogP contribution in [0, 0.1) is 0 Å². The molecule has 28 heavy (non-hydrogen) atoms. The zero-order valence-electron chi connectivity index (χ0n) is 16.3. The number of rotatable bonds is 5. The minimum absolute atomic E-state index is 0.151. The van der Waals surface area contributed by atoms with E-state index in [1.54, 1.807) is 11.3 Å². The van der Waals surface area contributed by atoms with Crippen molar-refractivity contribution in [3.05, 3.63) is 62.5 Å². The van der Waals surface area contributed by atoms with Crippen LogP contribution in [0.2, 0.25) is 0 Å². The SMILES string of the molecule is CCOC=Nn1c(Cc2ccccc2)nc2sc3c(c2c1=O)CC(C)(C)OC3. The molecule has 0 saturated heterocycles. The molecule has 1 aliphatic rings. The van der Waals surface area contributed by atoms with E-state index in [0.29, 0.717) is 37.3 Å². The first kappa shape index (κ1) is 18.8. The summed E-state index contributed by atoms with van der Waals surface area (Å²) >= 11 is 1.54. The molecule has 0 spiro atoms. The highest BCUT2D eigenvalue weighted by molar-refractivity contribution is 7.18. The number of benzene rings is 1. The second-order valence-electron chi connectivity index (χ2n) is 7.39. The van der Waals surface area contributed by atoms with Crippen LogP contribution in [0.15, 0.2) is 40.2 Å². The summed E-state index contributed by atoms with van der Waals surface area (Å²) in [6, 6.07) is 9.95. The normalized spacial score (nSPS) is 15.8. The molecule has 0 amide bonds. The van der Waals surface area contributed by atoms with Crippen molar-refractivity contribution in [1.82, 2.24) is 9.66 Å². The molecule has 0 aliphatic carbocycles. The summed E-state index contributed by atoms with van der Waals surface area (Å²) in [4.78, 5) is 20.1. The molecule has 6 nitrogen and oxygen atoms in total. The molecule has 1 aliphatic heterocycles. The smallest absolute Gasteiger partial charge is 0.283 e. The van der Waals surface area contributed by atoms with Crippen LogP contribution < -0.4 is 5.56 Å². The van der Waals surface area contributed by atoms with E-state index < -0.39 is 0 Å². The van der Waals surface area contributed by atoms with Gasteiger partial charge in [-0.3, -0.25) is 4.79 Å². The standard InChI is InChI=1S/C21H23N3O3S/c1-4-26-13-22-24-17(10-14-8-6-5-7-9-14)23-19-18(20(24)25)15-11-21(2,3)27-12-16(15)28-19/h5-9,13H,4,10-12H2,1-3H3. The quantitative estimate of drug-likeness (QED) is 0.486. The Hall–Kier alpha value is -2.51. The molecule has 0 fully saturated rings. The maximum Gasteiger partial charge on any atom is 0.283 e. The minimum atomic E-state index is -0.296. The predicted octanol–water partition coefficient (Wildman–Crippen LogP) is 3.73. The van der Waals surface area contributed by atoms with Gasteiger partial charge in [-0.05, 0) is 31.9 Å². The number of fused-ring (bicyclic) bond motifs is 3. The third kappa shape index (κ3) is 3.59. The highest BCUT2D eigenvalue weighted by Crippen LogP contribution is 2.37. The van der Waals surface area contributed by atoms with E-state index >= 15 is 0 Å². The summed E-state index contributed by atoms with van der Waals surface area (Å²) in [6.07, 6.45) is 2.52. The lowest BCUT2D eigenvalue weighted by Gasteiger charge is -2.29. The number of thiophene rings is 1.